The molecule has 0 saturated heterocycles. The van der Waals surface area contributed by atoms with Gasteiger partial charge in [-0.2, -0.15) is 26.3 Å². The minimum atomic E-state index is -4.40. The van der Waals surface area contributed by atoms with E-state index in [2.05, 4.69) is 48.6 Å². The lowest BCUT2D eigenvalue weighted by Crippen LogP contribution is -2.04. The lowest BCUT2D eigenvalue weighted by Gasteiger charge is -2.12. The minimum absolute atomic E-state index is 0.681. The van der Waals surface area contributed by atoms with Crippen LogP contribution in [0.2, 0.25) is 0 Å². The van der Waals surface area contributed by atoms with Crippen LogP contribution in [-0.4, -0.2) is 0 Å². The van der Waals surface area contributed by atoms with Gasteiger partial charge in [-0.15, -0.1) is 0 Å². The summed E-state index contributed by atoms with van der Waals surface area (Å²) in [5, 5.41) is 2.21. The van der Waals surface area contributed by atoms with Crippen molar-refractivity contribution in [2.24, 2.45) is 0 Å². The van der Waals surface area contributed by atoms with E-state index in [1.165, 1.54) is 24.3 Å². The zero-order valence-corrected chi connectivity index (χ0v) is 33.2. The van der Waals surface area contributed by atoms with E-state index >= 15 is 0 Å². The summed E-state index contributed by atoms with van der Waals surface area (Å²) in [6.45, 7) is 0. The molecule has 0 saturated carbocycles. The van der Waals surface area contributed by atoms with Crippen molar-refractivity contribution in [3.8, 4) is 0 Å². The molecule has 62 heavy (non-hydrogen) atoms. The standard InChI is InChI=1S/C56H38F6/c57-55(58,59)49-33-29-47(30-34-49)53(43-9-3-1-4-10-43)37-41-19-15-39(16-20-41)23-25-45-27-28-46(52-14-8-7-13-51(45)52)26-24-40-17-21-42(22-18-40)38-54(44-11-5-2-6-12-44)48-31-35-50(36-32-48)56(60,61)62/h1-38H. The quantitative estimate of drug-likeness (QED) is 0.0952. The van der Waals surface area contributed by atoms with Gasteiger partial charge in [-0.1, -0.05) is 194 Å². The molecule has 8 rings (SSSR count). The summed E-state index contributed by atoms with van der Waals surface area (Å²) in [6, 6.07) is 58.3. The van der Waals surface area contributed by atoms with Crippen molar-refractivity contribution in [3.63, 3.8) is 0 Å². The van der Waals surface area contributed by atoms with Crippen LogP contribution in [0.4, 0.5) is 26.3 Å². The Morgan fingerprint density at radius 3 is 0.935 bits per heavy atom. The molecule has 0 heterocycles. The fourth-order valence-electron chi connectivity index (χ4n) is 7.33. The van der Waals surface area contributed by atoms with E-state index in [9.17, 15) is 26.3 Å². The summed E-state index contributed by atoms with van der Waals surface area (Å²) in [5.74, 6) is 0. The van der Waals surface area contributed by atoms with Gasteiger partial charge in [-0.05, 0) is 114 Å². The molecule has 0 bridgehead atoms. The largest absolute Gasteiger partial charge is 0.416 e. The predicted octanol–water partition coefficient (Wildman–Crippen LogP) is 16.4. The monoisotopic (exact) mass is 824 g/mol. The number of fused-ring (bicyclic) bond motifs is 1. The molecule has 304 valence electrons. The van der Waals surface area contributed by atoms with E-state index in [0.29, 0.717) is 11.1 Å². The molecule has 0 fully saturated rings. The van der Waals surface area contributed by atoms with Crippen LogP contribution in [0.5, 0.6) is 0 Å². The topological polar surface area (TPSA) is 0 Å². The first kappa shape index (κ1) is 41.3. The van der Waals surface area contributed by atoms with Crippen LogP contribution in [0.25, 0.3) is 58.4 Å². The maximum Gasteiger partial charge on any atom is 0.416 e. The van der Waals surface area contributed by atoms with Gasteiger partial charge in [0.2, 0.25) is 0 Å². The molecule has 0 aliphatic rings. The summed E-state index contributed by atoms with van der Waals surface area (Å²) in [6.07, 6.45) is 3.50. The minimum Gasteiger partial charge on any atom is -0.166 e. The Bertz CT molecular complexity index is 2690. The third-order valence-electron chi connectivity index (χ3n) is 10.6. The molecule has 0 radical (unpaired) electrons. The third-order valence-corrected chi connectivity index (χ3v) is 10.6. The molecule has 0 atom stereocenters. The van der Waals surface area contributed by atoms with Gasteiger partial charge in [0.1, 0.15) is 0 Å². The summed E-state index contributed by atoms with van der Waals surface area (Å²) in [5.41, 5.74) is 9.45. The van der Waals surface area contributed by atoms with Crippen molar-refractivity contribution < 1.29 is 26.3 Å². The zero-order valence-electron chi connectivity index (χ0n) is 33.2. The Morgan fingerprint density at radius 1 is 0.290 bits per heavy atom. The highest BCUT2D eigenvalue weighted by molar-refractivity contribution is 5.99. The third kappa shape index (κ3) is 9.94. The number of hydrogen-bond donors (Lipinski definition) is 0. The van der Waals surface area contributed by atoms with E-state index < -0.39 is 23.5 Å². The van der Waals surface area contributed by atoms with Gasteiger partial charge < -0.3 is 0 Å². The fraction of sp³-hybridized carbons (Fsp3) is 0.0357. The van der Waals surface area contributed by atoms with Crippen molar-refractivity contribution >= 4 is 58.4 Å². The van der Waals surface area contributed by atoms with E-state index in [1.807, 2.05) is 133 Å². The van der Waals surface area contributed by atoms with Gasteiger partial charge in [-0.3, -0.25) is 0 Å². The van der Waals surface area contributed by atoms with Gasteiger partial charge >= 0.3 is 12.4 Å². The first-order valence-corrected chi connectivity index (χ1v) is 20.0. The second kappa shape index (κ2) is 18.0. The highest BCUT2D eigenvalue weighted by Crippen LogP contribution is 2.34. The Labute approximate surface area is 356 Å². The van der Waals surface area contributed by atoms with Crippen molar-refractivity contribution in [2.45, 2.75) is 12.4 Å². The van der Waals surface area contributed by atoms with Crippen molar-refractivity contribution in [1.82, 2.24) is 0 Å². The smallest absolute Gasteiger partial charge is 0.166 e. The Morgan fingerprint density at radius 2 is 0.597 bits per heavy atom. The van der Waals surface area contributed by atoms with E-state index in [-0.39, 0.29) is 0 Å². The molecule has 0 aliphatic heterocycles. The molecule has 0 amide bonds. The van der Waals surface area contributed by atoms with Crippen LogP contribution in [0, 0.1) is 0 Å². The molecule has 0 nitrogen and oxygen atoms in total. The molecule has 8 aromatic carbocycles. The Balaban J connectivity index is 0.999. The van der Waals surface area contributed by atoms with E-state index in [0.717, 1.165) is 90.7 Å². The zero-order chi connectivity index (χ0) is 43.1. The molecule has 0 aromatic heterocycles. The van der Waals surface area contributed by atoms with Crippen LogP contribution < -0.4 is 0 Å². The molecular formula is C56H38F6. The predicted molar refractivity (Wildman–Crippen MR) is 244 cm³/mol. The number of rotatable bonds is 10. The average molecular weight is 825 g/mol. The molecule has 0 unspecified atom stereocenters. The van der Waals surface area contributed by atoms with Crippen molar-refractivity contribution in [3.05, 3.63) is 261 Å². The first-order valence-electron chi connectivity index (χ1n) is 20.0. The normalized spacial score (nSPS) is 12.7. The average Bonchev–Trinajstić information content (AvgIpc) is 3.29. The molecular weight excluding hydrogens is 787 g/mol. The summed E-state index contributed by atoms with van der Waals surface area (Å²) in [7, 11) is 0. The van der Waals surface area contributed by atoms with Gasteiger partial charge in [0, 0.05) is 0 Å². The van der Waals surface area contributed by atoms with Crippen LogP contribution >= 0.6 is 0 Å². The van der Waals surface area contributed by atoms with Crippen LogP contribution in [0.15, 0.2) is 194 Å². The SMILES string of the molecule is FC(F)(F)c1ccc(C(=Cc2ccc(C=Cc3ccc(C=Cc4ccc(C=C(c5ccccc5)c5ccc(C(F)(F)F)cc5)cc4)c4ccccc34)cc2)c2ccccc2)cc1. The molecule has 8 aromatic rings. The number of benzene rings is 8. The molecule has 0 spiro atoms. The second-order valence-electron chi connectivity index (χ2n) is 14.8. The molecule has 0 N–H and O–H groups in total. The highest BCUT2D eigenvalue weighted by Gasteiger charge is 2.31. The van der Waals surface area contributed by atoms with Gasteiger partial charge in [0.05, 0.1) is 11.1 Å². The van der Waals surface area contributed by atoms with Crippen molar-refractivity contribution in [2.75, 3.05) is 0 Å². The Kier molecular flexibility index (Phi) is 12.0. The van der Waals surface area contributed by atoms with Gasteiger partial charge in [-0.25, -0.2) is 0 Å². The summed E-state index contributed by atoms with van der Waals surface area (Å²) in [4.78, 5) is 0. The number of halogens is 6. The van der Waals surface area contributed by atoms with Gasteiger partial charge in [0.15, 0.2) is 0 Å². The van der Waals surface area contributed by atoms with Crippen LogP contribution in [0.3, 0.4) is 0 Å². The summed E-state index contributed by atoms with van der Waals surface area (Å²) < 4.78 is 79.7. The number of hydrogen-bond acceptors (Lipinski definition) is 0. The molecule has 0 aliphatic carbocycles. The van der Waals surface area contributed by atoms with Crippen LogP contribution in [0.1, 0.15) is 66.8 Å². The van der Waals surface area contributed by atoms with Crippen molar-refractivity contribution in [1.29, 1.82) is 0 Å². The van der Waals surface area contributed by atoms with E-state index in [4.69, 9.17) is 0 Å². The van der Waals surface area contributed by atoms with Crippen LogP contribution in [-0.2, 0) is 12.4 Å². The highest BCUT2D eigenvalue weighted by atomic mass is 19.4. The molecule has 6 heteroatoms. The Hall–Kier alpha value is -7.44. The maximum atomic E-state index is 13.3. The first-order chi connectivity index (χ1) is 30.0. The van der Waals surface area contributed by atoms with Gasteiger partial charge in [0.25, 0.3) is 0 Å². The lowest BCUT2D eigenvalue weighted by molar-refractivity contribution is -0.138. The number of alkyl halides is 6. The second-order valence-corrected chi connectivity index (χ2v) is 14.8. The maximum absolute atomic E-state index is 13.3. The summed E-state index contributed by atoms with van der Waals surface area (Å²) >= 11 is 0. The van der Waals surface area contributed by atoms with E-state index in [1.54, 1.807) is 0 Å². The lowest BCUT2D eigenvalue weighted by atomic mass is 9.94. The fourth-order valence-corrected chi connectivity index (χ4v) is 7.33.